The van der Waals surface area contributed by atoms with Crippen LogP contribution in [0.2, 0.25) is 0 Å². The fraction of sp³-hybridized carbons (Fsp3) is 0.545. The van der Waals surface area contributed by atoms with E-state index in [1.807, 2.05) is 4.90 Å². The Morgan fingerprint density at radius 1 is 1.56 bits per heavy atom. The molecule has 18 heavy (non-hydrogen) atoms. The zero-order chi connectivity index (χ0) is 13.1. The molecule has 0 aliphatic heterocycles. The SMILES string of the molecule is NC(=O)CN(c1nc[nH]c(=O)c1Br)C1CCCC1. The summed E-state index contributed by atoms with van der Waals surface area (Å²) in [7, 11) is 0. The van der Waals surface area contributed by atoms with E-state index in [0.717, 1.165) is 25.7 Å². The Hall–Kier alpha value is -1.37. The molecule has 0 spiro atoms. The van der Waals surface area contributed by atoms with Crippen LogP contribution >= 0.6 is 15.9 Å². The summed E-state index contributed by atoms with van der Waals surface area (Å²) in [5.41, 5.74) is 5.02. The molecule has 3 N–H and O–H groups in total. The first-order chi connectivity index (χ1) is 8.59. The smallest absolute Gasteiger partial charge is 0.267 e. The Balaban J connectivity index is 2.35. The quantitative estimate of drug-likeness (QED) is 0.858. The average molecular weight is 315 g/mol. The molecule has 2 rings (SSSR count). The number of aromatic nitrogens is 2. The second-order valence-corrected chi connectivity index (χ2v) is 5.19. The fourth-order valence-corrected chi connectivity index (χ4v) is 2.78. The first-order valence-electron chi connectivity index (χ1n) is 5.87. The van der Waals surface area contributed by atoms with Crippen LogP contribution in [0.3, 0.4) is 0 Å². The molecule has 7 heteroatoms. The number of H-pyrrole nitrogens is 1. The molecule has 1 aliphatic rings. The molecule has 1 fully saturated rings. The number of aromatic amines is 1. The molecule has 0 atom stereocenters. The summed E-state index contributed by atoms with van der Waals surface area (Å²) in [5.74, 6) is 0.0698. The number of halogens is 1. The van der Waals surface area contributed by atoms with Crippen molar-refractivity contribution < 1.29 is 4.79 Å². The van der Waals surface area contributed by atoms with E-state index in [1.165, 1.54) is 6.33 Å². The van der Waals surface area contributed by atoms with Crippen LogP contribution in [0.25, 0.3) is 0 Å². The summed E-state index contributed by atoms with van der Waals surface area (Å²) < 4.78 is 0.346. The Morgan fingerprint density at radius 3 is 2.83 bits per heavy atom. The van der Waals surface area contributed by atoms with Crippen LogP contribution in [0.15, 0.2) is 15.6 Å². The second-order valence-electron chi connectivity index (χ2n) is 4.40. The van der Waals surface area contributed by atoms with Crippen LogP contribution in [0, 0.1) is 0 Å². The number of carbonyl (C=O) groups excluding carboxylic acids is 1. The molecule has 0 unspecified atom stereocenters. The topological polar surface area (TPSA) is 92.1 Å². The van der Waals surface area contributed by atoms with Gasteiger partial charge in [-0.1, -0.05) is 12.8 Å². The van der Waals surface area contributed by atoms with Crippen molar-refractivity contribution in [2.75, 3.05) is 11.4 Å². The van der Waals surface area contributed by atoms with Crippen LogP contribution in [0.4, 0.5) is 5.82 Å². The zero-order valence-electron chi connectivity index (χ0n) is 9.86. The molecule has 1 amide bonds. The van der Waals surface area contributed by atoms with Crippen LogP contribution < -0.4 is 16.2 Å². The fourth-order valence-electron chi connectivity index (χ4n) is 2.33. The van der Waals surface area contributed by atoms with Crippen LogP contribution in [-0.2, 0) is 4.79 Å². The number of hydrogen-bond donors (Lipinski definition) is 2. The van der Waals surface area contributed by atoms with Crippen molar-refractivity contribution in [3.63, 3.8) is 0 Å². The standard InChI is InChI=1S/C11H15BrN4O2/c12-9-10(14-6-15-11(9)18)16(5-8(13)17)7-3-1-2-4-7/h6-7H,1-5H2,(H2,13,17)(H,14,15,18). The third-order valence-electron chi connectivity index (χ3n) is 3.14. The molecule has 1 aromatic heterocycles. The molecule has 1 aromatic rings. The predicted molar refractivity (Wildman–Crippen MR) is 71.4 cm³/mol. The molecule has 0 radical (unpaired) electrons. The minimum atomic E-state index is -0.420. The van der Waals surface area contributed by atoms with E-state index in [9.17, 15) is 9.59 Å². The molecule has 0 saturated heterocycles. The summed E-state index contributed by atoms with van der Waals surface area (Å²) in [4.78, 5) is 31.2. The van der Waals surface area contributed by atoms with E-state index in [1.54, 1.807) is 0 Å². The van der Waals surface area contributed by atoms with E-state index in [-0.39, 0.29) is 18.1 Å². The number of nitrogens with one attached hydrogen (secondary N) is 1. The van der Waals surface area contributed by atoms with E-state index in [2.05, 4.69) is 25.9 Å². The number of amides is 1. The number of carbonyl (C=O) groups is 1. The van der Waals surface area contributed by atoms with Gasteiger partial charge in [-0.2, -0.15) is 0 Å². The summed E-state index contributed by atoms with van der Waals surface area (Å²) in [5, 5.41) is 0. The van der Waals surface area contributed by atoms with E-state index >= 15 is 0 Å². The van der Waals surface area contributed by atoms with Crippen LogP contribution in [-0.4, -0.2) is 28.5 Å². The van der Waals surface area contributed by atoms with Crippen molar-refractivity contribution in [1.82, 2.24) is 9.97 Å². The predicted octanol–water partition coefficient (Wildman–Crippen LogP) is 0.767. The van der Waals surface area contributed by atoms with Gasteiger partial charge in [0.05, 0.1) is 12.9 Å². The molecule has 6 nitrogen and oxygen atoms in total. The van der Waals surface area contributed by atoms with Crippen molar-refractivity contribution >= 4 is 27.7 Å². The Labute approximate surface area is 113 Å². The van der Waals surface area contributed by atoms with Crippen molar-refractivity contribution in [1.29, 1.82) is 0 Å². The minimum absolute atomic E-state index is 0.0831. The lowest BCUT2D eigenvalue weighted by atomic mass is 10.2. The Bertz CT molecular complexity index is 496. The monoisotopic (exact) mass is 314 g/mol. The Kier molecular flexibility index (Phi) is 4.00. The summed E-state index contributed by atoms with van der Waals surface area (Å²) >= 11 is 3.22. The van der Waals surface area contributed by atoms with Gasteiger partial charge in [0.15, 0.2) is 5.82 Å². The van der Waals surface area contributed by atoms with Crippen LogP contribution in [0.1, 0.15) is 25.7 Å². The summed E-state index contributed by atoms with van der Waals surface area (Å²) in [6.07, 6.45) is 5.58. The molecule has 1 aliphatic carbocycles. The largest absolute Gasteiger partial charge is 0.368 e. The van der Waals surface area contributed by atoms with E-state index in [4.69, 9.17) is 5.73 Å². The normalized spacial score (nSPS) is 15.8. The third-order valence-corrected chi connectivity index (χ3v) is 3.86. The zero-order valence-corrected chi connectivity index (χ0v) is 11.4. The molecule has 0 bridgehead atoms. The maximum atomic E-state index is 11.6. The molecule has 1 saturated carbocycles. The molecule has 98 valence electrons. The van der Waals surface area contributed by atoms with Crippen molar-refractivity contribution in [2.24, 2.45) is 5.73 Å². The number of rotatable bonds is 4. The number of nitrogens with zero attached hydrogens (tertiary/aromatic N) is 2. The van der Waals surface area contributed by atoms with Crippen molar-refractivity contribution in [2.45, 2.75) is 31.7 Å². The van der Waals surface area contributed by atoms with Gasteiger partial charge in [-0.15, -0.1) is 0 Å². The van der Waals surface area contributed by atoms with E-state index in [0.29, 0.717) is 10.3 Å². The number of nitrogens with two attached hydrogens (primary N) is 1. The maximum Gasteiger partial charge on any atom is 0.267 e. The van der Waals surface area contributed by atoms with Gasteiger partial charge in [0.25, 0.3) is 5.56 Å². The van der Waals surface area contributed by atoms with Gasteiger partial charge in [-0.05, 0) is 28.8 Å². The number of anilines is 1. The highest BCUT2D eigenvalue weighted by Crippen LogP contribution is 2.29. The van der Waals surface area contributed by atoms with Gasteiger partial charge in [-0.25, -0.2) is 4.98 Å². The van der Waals surface area contributed by atoms with Crippen molar-refractivity contribution in [3.8, 4) is 0 Å². The van der Waals surface area contributed by atoms with Gasteiger partial charge in [0, 0.05) is 6.04 Å². The lowest BCUT2D eigenvalue weighted by molar-refractivity contribution is -0.116. The highest BCUT2D eigenvalue weighted by Gasteiger charge is 2.27. The van der Waals surface area contributed by atoms with Gasteiger partial charge in [0.1, 0.15) is 4.47 Å². The van der Waals surface area contributed by atoms with Gasteiger partial charge >= 0.3 is 0 Å². The Morgan fingerprint density at radius 2 is 2.22 bits per heavy atom. The lowest BCUT2D eigenvalue weighted by Gasteiger charge is -2.29. The number of primary amides is 1. The highest BCUT2D eigenvalue weighted by atomic mass is 79.9. The molecule has 1 heterocycles. The third kappa shape index (κ3) is 2.72. The highest BCUT2D eigenvalue weighted by molar-refractivity contribution is 9.10. The molecule has 0 aromatic carbocycles. The van der Waals surface area contributed by atoms with Crippen molar-refractivity contribution in [3.05, 3.63) is 21.2 Å². The minimum Gasteiger partial charge on any atom is -0.368 e. The van der Waals surface area contributed by atoms with Crippen LogP contribution in [0.5, 0.6) is 0 Å². The van der Waals surface area contributed by atoms with Gasteiger partial charge in [0.2, 0.25) is 5.91 Å². The molecular formula is C11H15BrN4O2. The lowest BCUT2D eigenvalue weighted by Crippen LogP contribution is -2.41. The first kappa shape index (κ1) is 13.1. The second kappa shape index (κ2) is 5.51. The first-order valence-corrected chi connectivity index (χ1v) is 6.67. The van der Waals surface area contributed by atoms with E-state index < -0.39 is 5.91 Å². The average Bonchev–Trinajstić information content (AvgIpc) is 2.83. The number of hydrogen-bond acceptors (Lipinski definition) is 4. The molecular weight excluding hydrogens is 300 g/mol. The summed E-state index contributed by atoms with van der Waals surface area (Å²) in [6.45, 7) is 0.0831. The summed E-state index contributed by atoms with van der Waals surface area (Å²) in [6, 6.07) is 0.225. The van der Waals surface area contributed by atoms with Gasteiger partial charge in [-0.3, -0.25) is 9.59 Å². The maximum absolute atomic E-state index is 11.6. The van der Waals surface area contributed by atoms with Gasteiger partial charge < -0.3 is 15.6 Å².